The molecule has 1 N–H and O–H groups in total. The van der Waals surface area contributed by atoms with Crippen LogP contribution in [0, 0.1) is 17.8 Å². The minimum absolute atomic E-state index is 0.451. The summed E-state index contributed by atoms with van der Waals surface area (Å²) in [6.07, 6.45) is 6.91. The van der Waals surface area contributed by atoms with Gasteiger partial charge in [0.2, 0.25) is 0 Å². The predicted molar refractivity (Wildman–Crippen MR) is 88.1 cm³/mol. The third-order valence-corrected chi connectivity index (χ3v) is 4.78. The van der Waals surface area contributed by atoms with Gasteiger partial charge in [0.05, 0.1) is 6.04 Å². The number of rotatable bonds is 2. The van der Waals surface area contributed by atoms with E-state index in [1.165, 1.54) is 32.1 Å². The minimum Gasteiger partial charge on any atom is -0.314 e. The van der Waals surface area contributed by atoms with Gasteiger partial charge in [0.25, 0.3) is 0 Å². The Morgan fingerprint density at radius 1 is 1.00 bits per heavy atom. The lowest BCUT2D eigenvalue weighted by molar-refractivity contribution is 0.140. The Balaban J connectivity index is 1.76. The zero-order valence-electron chi connectivity index (χ0n) is 12.9. The van der Waals surface area contributed by atoms with Crippen molar-refractivity contribution in [2.45, 2.75) is 38.1 Å². The maximum Gasteiger partial charge on any atom is 0.0747 e. The van der Waals surface area contributed by atoms with Gasteiger partial charge in [-0.15, -0.1) is 0 Å². The van der Waals surface area contributed by atoms with Crippen LogP contribution in [0.1, 0.15) is 37.7 Å². The molecule has 0 radical (unpaired) electrons. The van der Waals surface area contributed by atoms with Gasteiger partial charge in [-0.2, -0.15) is 0 Å². The average molecular weight is 282 g/mol. The molecular formula is C19H26N2. The summed E-state index contributed by atoms with van der Waals surface area (Å²) in [5.41, 5.74) is 1.15. The highest BCUT2D eigenvalue weighted by Gasteiger charge is 2.28. The molecular weight excluding hydrogens is 256 g/mol. The van der Waals surface area contributed by atoms with Crippen LogP contribution in [0.4, 0.5) is 0 Å². The zero-order valence-corrected chi connectivity index (χ0v) is 12.9. The molecule has 1 saturated carbocycles. The molecule has 3 rings (SSSR count). The summed E-state index contributed by atoms with van der Waals surface area (Å²) in [7, 11) is 0. The normalized spacial score (nSPS) is 22.3. The molecule has 2 aliphatic rings. The predicted octanol–water partition coefficient (Wildman–Crippen LogP) is 2.89. The smallest absolute Gasteiger partial charge is 0.0747 e. The highest BCUT2D eigenvalue weighted by molar-refractivity contribution is 5.35. The van der Waals surface area contributed by atoms with Crippen LogP contribution in [0.3, 0.4) is 0 Å². The fraction of sp³-hybridized carbons (Fsp3) is 0.579. The Bertz CT molecular complexity index is 455. The summed E-state index contributed by atoms with van der Waals surface area (Å²) in [5, 5.41) is 3.46. The molecule has 1 heterocycles. The van der Waals surface area contributed by atoms with Crippen molar-refractivity contribution < 1.29 is 0 Å². The summed E-state index contributed by atoms with van der Waals surface area (Å²) in [6.45, 7) is 4.50. The van der Waals surface area contributed by atoms with Crippen molar-refractivity contribution in [3.8, 4) is 11.8 Å². The molecule has 2 nitrogen and oxygen atoms in total. The third-order valence-electron chi connectivity index (χ3n) is 4.78. The highest BCUT2D eigenvalue weighted by Crippen LogP contribution is 2.29. The van der Waals surface area contributed by atoms with E-state index in [4.69, 9.17) is 0 Å². The Morgan fingerprint density at radius 3 is 2.43 bits per heavy atom. The molecule has 1 saturated heterocycles. The van der Waals surface area contributed by atoms with Crippen LogP contribution in [0.5, 0.6) is 0 Å². The van der Waals surface area contributed by atoms with Gasteiger partial charge in [0.1, 0.15) is 0 Å². The molecule has 0 spiro atoms. The van der Waals surface area contributed by atoms with Gasteiger partial charge in [-0.25, -0.2) is 0 Å². The Labute approximate surface area is 128 Å². The molecule has 1 aromatic rings. The SMILES string of the molecule is C(#CC(C1CCCCC1)N1CCNCC1)c1ccccc1. The zero-order chi connectivity index (χ0) is 14.3. The van der Waals surface area contributed by atoms with Gasteiger partial charge < -0.3 is 5.32 Å². The summed E-state index contributed by atoms with van der Waals surface area (Å²) < 4.78 is 0. The second-order valence-corrected chi connectivity index (χ2v) is 6.26. The molecule has 1 aliphatic heterocycles. The van der Waals surface area contributed by atoms with E-state index in [2.05, 4.69) is 52.4 Å². The molecule has 0 amide bonds. The van der Waals surface area contributed by atoms with Crippen LogP contribution >= 0.6 is 0 Å². The fourth-order valence-electron chi connectivity index (χ4n) is 3.60. The van der Waals surface area contributed by atoms with Crippen molar-refractivity contribution >= 4 is 0 Å². The number of hydrogen-bond acceptors (Lipinski definition) is 2. The molecule has 1 unspecified atom stereocenters. The fourth-order valence-corrected chi connectivity index (χ4v) is 3.60. The van der Waals surface area contributed by atoms with Gasteiger partial charge in [0.15, 0.2) is 0 Å². The first kappa shape index (κ1) is 14.6. The van der Waals surface area contributed by atoms with E-state index in [0.29, 0.717) is 6.04 Å². The van der Waals surface area contributed by atoms with E-state index >= 15 is 0 Å². The Kier molecular flexibility index (Phi) is 5.32. The molecule has 0 bridgehead atoms. The molecule has 2 fully saturated rings. The minimum atomic E-state index is 0.451. The quantitative estimate of drug-likeness (QED) is 0.839. The number of piperazine rings is 1. The van der Waals surface area contributed by atoms with Gasteiger partial charge in [0, 0.05) is 31.7 Å². The molecule has 112 valence electrons. The van der Waals surface area contributed by atoms with E-state index in [-0.39, 0.29) is 0 Å². The van der Waals surface area contributed by atoms with Gasteiger partial charge in [-0.1, -0.05) is 49.3 Å². The van der Waals surface area contributed by atoms with Crippen LogP contribution in [0.15, 0.2) is 30.3 Å². The number of hydrogen-bond donors (Lipinski definition) is 1. The van der Waals surface area contributed by atoms with Crippen molar-refractivity contribution in [2.75, 3.05) is 26.2 Å². The number of benzene rings is 1. The summed E-state index contributed by atoms with van der Waals surface area (Å²) in [4.78, 5) is 2.61. The standard InChI is InChI=1S/C19H26N2/c1-3-7-17(8-4-1)11-12-19(18-9-5-2-6-10-18)21-15-13-20-14-16-21/h1,3-4,7-8,18-20H,2,5-6,9-10,13-16H2. The summed E-state index contributed by atoms with van der Waals surface area (Å²) in [5.74, 6) is 7.82. The second kappa shape index (κ2) is 7.64. The van der Waals surface area contributed by atoms with E-state index < -0.39 is 0 Å². The first-order valence-electron chi connectivity index (χ1n) is 8.45. The van der Waals surface area contributed by atoms with Gasteiger partial charge >= 0.3 is 0 Å². The van der Waals surface area contributed by atoms with Crippen LogP contribution in [0.25, 0.3) is 0 Å². The maximum absolute atomic E-state index is 3.62. The first-order valence-corrected chi connectivity index (χ1v) is 8.45. The second-order valence-electron chi connectivity index (χ2n) is 6.26. The van der Waals surface area contributed by atoms with Crippen LogP contribution in [-0.2, 0) is 0 Å². The van der Waals surface area contributed by atoms with Crippen LogP contribution < -0.4 is 5.32 Å². The lowest BCUT2D eigenvalue weighted by Crippen LogP contribution is -2.50. The van der Waals surface area contributed by atoms with Crippen LogP contribution in [-0.4, -0.2) is 37.1 Å². The van der Waals surface area contributed by atoms with Crippen LogP contribution in [0.2, 0.25) is 0 Å². The highest BCUT2D eigenvalue weighted by atomic mass is 15.2. The van der Waals surface area contributed by atoms with Gasteiger partial charge in [-0.3, -0.25) is 4.90 Å². The van der Waals surface area contributed by atoms with Crippen molar-refractivity contribution in [3.05, 3.63) is 35.9 Å². The lowest BCUT2D eigenvalue weighted by Gasteiger charge is -2.38. The maximum atomic E-state index is 3.62. The first-order chi connectivity index (χ1) is 10.4. The molecule has 1 aliphatic carbocycles. The summed E-state index contributed by atoms with van der Waals surface area (Å²) >= 11 is 0. The topological polar surface area (TPSA) is 15.3 Å². The molecule has 2 heteroatoms. The van der Waals surface area contributed by atoms with Crippen molar-refractivity contribution in [2.24, 2.45) is 5.92 Å². The Morgan fingerprint density at radius 2 is 1.71 bits per heavy atom. The third kappa shape index (κ3) is 4.09. The lowest BCUT2D eigenvalue weighted by atomic mass is 9.83. The molecule has 0 aromatic heterocycles. The van der Waals surface area contributed by atoms with E-state index in [9.17, 15) is 0 Å². The van der Waals surface area contributed by atoms with E-state index in [1.807, 2.05) is 0 Å². The Hall–Kier alpha value is -1.30. The van der Waals surface area contributed by atoms with Gasteiger partial charge in [-0.05, 0) is 30.9 Å². The monoisotopic (exact) mass is 282 g/mol. The van der Waals surface area contributed by atoms with E-state index in [1.54, 1.807) is 0 Å². The molecule has 1 aromatic carbocycles. The average Bonchev–Trinajstić information content (AvgIpc) is 2.58. The van der Waals surface area contributed by atoms with E-state index in [0.717, 1.165) is 37.7 Å². The molecule has 1 atom stereocenters. The number of nitrogens with zero attached hydrogens (tertiary/aromatic N) is 1. The molecule has 21 heavy (non-hydrogen) atoms. The largest absolute Gasteiger partial charge is 0.314 e. The number of nitrogens with one attached hydrogen (secondary N) is 1. The van der Waals surface area contributed by atoms with Crippen molar-refractivity contribution in [1.82, 2.24) is 10.2 Å². The van der Waals surface area contributed by atoms with Crippen molar-refractivity contribution in [3.63, 3.8) is 0 Å². The summed E-state index contributed by atoms with van der Waals surface area (Å²) in [6, 6.07) is 10.9. The van der Waals surface area contributed by atoms with Crippen molar-refractivity contribution in [1.29, 1.82) is 0 Å².